The summed E-state index contributed by atoms with van der Waals surface area (Å²) in [6.07, 6.45) is 2.30. The fourth-order valence-corrected chi connectivity index (χ4v) is 2.16. The van der Waals surface area contributed by atoms with Crippen LogP contribution in [-0.2, 0) is 0 Å². The molecule has 1 heterocycles. The average Bonchev–Trinajstić information content (AvgIpc) is 3.38. The Labute approximate surface area is 123 Å². The number of nitrogens with two attached hydrogens (primary N) is 1. The fraction of sp³-hybridized carbons (Fsp3) is 0.333. The Kier molecular flexibility index (Phi) is 3.62. The highest BCUT2D eigenvalue weighted by atomic mass is 16.5. The molecule has 3 N–H and O–H groups in total. The highest BCUT2D eigenvalue weighted by Crippen LogP contribution is 2.39. The third-order valence-electron chi connectivity index (χ3n) is 3.62. The van der Waals surface area contributed by atoms with E-state index in [1.807, 2.05) is 42.3 Å². The number of nitrogens with one attached hydrogen (secondary N) is 1. The number of nitrogens with zero attached hydrogens (tertiary/aromatic N) is 3. The molecule has 0 saturated heterocycles. The van der Waals surface area contributed by atoms with E-state index in [1.165, 1.54) is 0 Å². The summed E-state index contributed by atoms with van der Waals surface area (Å²) < 4.78 is 5.18. The molecule has 0 radical (unpaired) electrons. The number of methoxy groups -OCH3 is 1. The van der Waals surface area contributed by atoms with E-state index >= 15 is 0 Å². The first-order valence-corrected chi connectivity index (χ1v) is 6.94. The third kappa shape index (κ3) is 2.90. The summed E-state index contributed by atoms with van der Waals surface area (Å²) >= 11 is 0. The predicted octanol–water partition coefficient (Wildman–Crippen LogP) is 2.42. The van der Waals surface area contributed by atoms with Crippen LogP contribution in [0.5, 0.6) is 5.75 Å². The number of aromatic nitrogens is 2. The standard InChI is InChI=1S/C15H19N5O/c1-20(11-5-7-12(21-2)8-6-11)14-9-13(19-16)17-15(18-14)10-3-4-10/h5-10H,3-4,16H2,1-2H3,(H,17,18,19). The number of rotatable bonds is 5. The van der Waals surface area contributed by atoms with Gasteiger partial charge >= 0.3 is 0 Å². The van der Waals surface area contributed by atoms with Crippen LogP contribution in [0, 0.1) is 0 Å². The lowest BCUT2D eigenvalue weighted by Crippen LogP contribution is -2.16. The second-order valence-corrected chi connectivity index (χ2v) is 5.15. The summed E-state index contributed by atoms with van der Waals surface area (Å²) in [5.41, 5.74) is 3.64. The number of ether oxygens (including phenoxy) is 1. The van der Waals surface area contributed by atoms with Crippen LogP contribution < -0.4 is 20.9 Å². The van der Waals surface area contributed by atoms with Gasteiger partial charge in [-0.25, -0.2) is 15.8 Å². The summed E-state index contributed by atoms with van der Waals surface area (Å²) in [5, 5.41) is 0. The summed E-state index contributed by atoms with van der Waals surface area (Å²) in [6, 6.07) is 9.69. The van der Waals surface area contributed by atoms with Crippen LogP contribution in [0.3, 0.4) is 0 Å². The van der Waals surface area contributed by atoms with Crippen molar-refractivity contribution < 1.29 is 4.74 Å². The van der Waals surface area contributed by atoms with E-state index < -0.39 is 0 Å². The van der Waals surface area contributed by atoms with E-state index in [2.05, 4.69) is 15.4 Å². The lowest BCUT2D eigenvalue weighted by molar-refractivity contribution is 0.415. The zero-order valence-electron chi connectivity index (χ0n) is 12.2. The topological polar surface area (TPSA) is 76.3 Å². The molecule has 1 aliphatic carbocycles. The first-order chi connectivity index (χ1) is 10.2. The SMILES string of the molecule is COc1ccc(N(C)c2cc(NN)nc(C3CC3)n2)cc1. The lowest BCUT2D eigenvalue weighted by atomic mass is 10.2. The van der Waals surface area contributed by atoms with Crippen LogP contribution in [0.15, 0.2) is 30.3 Å². The molecule has 0 bridgehead atoms. The van der Waals surface area contributed by atoms with Gasteiger partial charge in [-0.2, -0.15) is 0 Å². The molecule has 1 saturated carbocycles. The van der Waals surface area contributed by atoms with Gasteiger partial charge < -0.3 is 15.1 Å². The maximum Gasteiger partial charge on any atom is 0.145 e. The van der Waals surface area contributed by atoms with Crippen LogP contribution in [0.1, 0.15) is 24.6 Å². The van der Waals surface area contributed by atoms with Crippen molar-refractivity contribution in [2.24, 2.45) is 5.84 Å². The second kappa shape index (κ2) is 5.57. The first-order valence-electron chi connectivity index (χ1n) is 6.94. The molecule has 3 rings (SSSR count). The Balaban J connectivity index is 1.91. The van der Waals surface area contributed by atoms with Gasteiger partial charge in [0.2, 0.25) is 0 Å². The first kappa shape index (κ1) is 13.6. The van der Waals surface area contributed by atoms with E-state index in [4.69, 9.17) is 10.6 Å². The zero-order valence-corrected chi connectivity index (χ0v) is 12.2. The molecule has 0 amide bonds. The molecule has 1 aliphatic rings. The summed E-state index contributed by atoms with van der Waals surface area (Å²) in [7, 11) is 3.63. The number of hydrogen-bond acceptors (Lipinski definition) is 6. The van der Waals surface area contributed by atoms with Gasteiger partial charge in [0, 0.05) is 24.7 Å². The highest BCUT2D eigenvalue weighted by molar-refractivity contribution is 5.62. The number of nitrogen functional groups attached to an aromatic ring is 1. The van der Waals surface area contributed by atoms with E-state index in [0.29, 0.717) is 11.7 Å². The zero-order chi connectivity index (χ0) is 14.8. The Morgan fingerprint density at radius 1 is 1.24 bits per heavy atom. The van der Waals surface area contributed by atoms with E-state index in [0.717, 1.165) is 35.9 Å². The van der Waals surface area contributed by atoms with E-state index in [-0.39, 0.29) is 0 Å². The smallest absolute Gasteiger partial charge is 0.145 e. The van der Waals surface area contributed by atoms with Gasteiger partial charge in [0.05, 0.1) is 7.11 Å². The summed E-state index contributed by atoms with van der Waals surface area (Å²) in [4.78, 5) is 11.1. The van der Waals surface area contributed by atoms with Crippen LogP contribution in [0.4, 0.5) is 17.3 Å². The van der Waals surface area contributed by atoms with Crippen molar-refractivity contribution in [3.05, 3.63) is 36.2 Å². The largest absolute Gasteiger partial charge is 0.497 e. The van der Waals surface area contributed by atoms with Gasteiger partial charge in [0.25, 0.3) is 0 Å². The van der Waals surface area contributed by atoms with Gasteiger partial charge in [-0.15, -0.1) is 0 Å². The molecule has 1 aromatic carbocycles. The number of hydrazine groups is 1. The number of benzene rings is 1. The predicted molar refractivity (Wildman–Crippen MR) is 82.9 cm³/mol. The Morgan fingerprint density at radius 2 is 1.95 bits per heavy atom. The molecule has 0 aliphatic heterocycles. The summed E-state index contributed by atoms with van der Waals surface area (Å²) in [5.74, 6) is 9.14. The highest BCUT2D eigenvalue weighted by Gasteiger charge is 2.27. The van der Waals surface area contributed by atoms with Gasteiger partial charge in [-0.1, -0.05) is 0 Å². The van der Waals surface area contributed by atoms with E-state index in [1.54, 1.807) is 7.11 Å². The molecule has 6 heteroatoms. The van der Waals surface area contributed by atoms with Crippen molar-refractivity contribution in [1.29, 1.82) is 0 Å². The monoisotopic (exact) mass is 285 g/mol. The van der Waals surface area contributed by atoms with Gasteiger partial charge in [0.1, 0.15) is 23.2 Å². The van der Waals surface area contributed by atoms with Gasteiger partial charge in [0.15, 0.2) is 0 Å². The van der Waals surface area contributed by atoms with E-state index in [9.17, 15) is 0 Å². The molecule has 0 atom stereocenters. The second-order valence-electron chi connectivity index (χ2n) is 5.15. The molecule has 21 heavy (non-hydrogen) atoms. The van der Waals surface area contributed by atoms with Crippen LogP contribution >= 0.6 is 0 Å². The fourth-order valence-electron chi connectivity index (χ4n) is 2.16. The van der Waals surface area contributed by atoms with Crippen LogP contribution in [-0.4, -0.2) is 24.1 Å². The maximum absolute atomic E-state index is 5.51. The molecule has 110 valence electrons. The molecule has 0 unspecified atom stereocenters. The molecular formula is C15H19N5O. The van der Waals surface area contributed by atoms with Crippen molar-refractivity contribution in [3.63, 3.8) is 0 Å². The normalized spacial score (nSPS) is 13.9. The minimum absolute atomic E-state index is 0.473. The summed E-state index contributed by atoms with van der Waals surface area (Å²) in [6.45, 7) is 0. The average molecular weight is 285 g/mol. The molecule has 2 aromatic rings. The minimum Gasteiger partial charge on any atom is -0.497 e. The van der Waals surface area contributed by atoms with Crippen molar-refractivity contribution >= 4 is 17.3 Å². The van der Waals surface area contributed by atoms with Crippen LogP contribution in [0.2, 0.25) is 0 Å². The van der Waals surface area contributed by atoms with Crippen molar-refractivity contribution in [2.75, 3.05) is 24.5 Å². The van der Waals surface area contributed by atoms with Gasteiger partial charge in [-0.3, -0.25) is 0 Å². The lowest BCUT2D eigenvalue weighted by Gasteiger charge is -2.20. The quantitative estimate of drug-likeness (QED) is 0.649. The number of anilines is 3. The minimum atomic E-state index is 0.473. The molecule has 1 aromatic heterocycles. The Bertz CT molecular complexity index is 624. The Morgan fingerprint density at radius 3 is 2.52 bits per heavy atom. The van der Waals surface area contributed by atoms with Gasteiger partial charge in [-0.05, 0) is 37.1 Å². The van der Waals surface area contributed by atoms with Crippen molar-refractivity contribution in [1.82, 2.24) is 9.97 Å². The maximum atomic E-state index is 5.51. The molecular weight excluding hydrogens is 266 g/mol. The van der Waals surface area contributed by atoms with Crippen molar-refractivity contribution in [2.45, 2.75) is 18.8 Å². The number of hydrogen-bond donors (Lipinski definition) is 2. The molecule has 1 fully saturated rings. The Hall–Kier alpha value is -2.34. The third-order valence-corrected chi connectivity index (χ3v) is 3.62. The van der Waals surface area contributed by atoms with Crippen LogP contribution in [0.25, 0.3) is 0 Å². The molecule has 6 nitrogen and oxygen atoms in total. The van der Waals surface area contributed by atoms with Crippen molar-refractivity contribution in [3.8, 4) is 5.75 Å². The molecule has 0 spiro atoms.